The summed E-state index contributed by atoms with van der Waals surface area (Å²) in [6, 6.07) is 8.81. The number of carboxylic acids is 1. The van der Waals surface area contributed by atoms with Gasteiger partial charge in [0.2, 0.25) is 0 Å². The lowest BCUT2D eigenvalue weighted by Crippen LogP contribution is -2.44. The van der Waals surface area contributed by atoms with Gasteiger partial charge in [0.15, 0.2) is 0 Å². The van der Waals surface area contributed by atoms with Crippen LogP contribution in [0.25, 0.3) is 10.9 Å². The zero-order valence-electron chi connectivity index (χ0n) is 20.4. The van der Waals surface area contributed by atoms with E-state index >= 15 is 0 Å². The second kappa shape index (κ2) is 12.4. The highest BCUT2D eigenvalue weighted by atomic mass is 35.5. The molecule has 0 unspecified atom stereocenters. The van der Waals surface area contributed by atoms with Crippen LogP contribution in [0.1, 0.15) is 30.9 Å². The first-order valence-electron chi connectivity index (χ1n) is 12.1. The highest BCUT2D eigenvalue weighted by Gasteiger charge is 2.34. The molecule has 2 N–H and O–H groups in total. The molecule has 1 aliphatic rings. The summed E-state index contributed by atoms with van der Waals surface area (Å²) in [6.45, 7) is 1.73. The lowest BCUT2D eigenvalue weighted by molar-refractivity contribution is -0.146. The number of methoxy groups -OCH3 is 1. The first-order chi connectivity index (χ1) is 17.7. The third-order valence-electron chi connectivity index (χ3n) is 6.88. The fourth-order valence-corrected chi connectivity index (χ4v) is 6.20. The van der Waals surface area contributed by atoms with Gasteiger partial charge in [-0.15, -0.1) is 11.8 Å². The molecule has 2 aromatic carbocycles. The maximum Gasteiger partial charge on any atom is 0.308 e. The maximum absolute atomic E-state index is 13.4. The number of aliphatic hydroxyl groups excluding tert-OH is 1. The van der Waals surface area contributed by atoms with Gasteiger partial charge in [-0.2, -0.15) is 0 Å². The molecule has 6 nitrogen and oxygen atoms in total. The van der Waals surface area contributed by atoms with Crippen LogP contribution < -0.4 is 4.74 Å². The average Bonchev–Trinajstić information content (AvgIpc) is 2.86. The van der Waals surface area contributed by atoms with Crippen molar-refractivity contribution in [3.8, 4) is 5.75 Å². The van der Waals surface area contributed by atoms with E-state index in [1.165, 1.54) is 30.1 Å². The van der Waals surface area contributed by atoms with Gasteiger partial charge in [0.25, 0.3) is 0 Å². The summed E-state index contributed by atoms with van der Waals surface area (Å²) in [6.07, 6.45) is 2.23. The number of thioether (sulfide) groups is 1. The normalized spacial score (nSPS) is 19.2. The van der Waals surface area contributed by atoms with E-state index < -0.39 is 29.6 Å². The van der Waals surface area contributed by atoms with E-state index in [4.69, 9.17) is 16.3 Å². The van der Waals surface area contributed by atoms with E-state index in [2.05, 4.69) is 9.88 Å². The number of halogens is 3. The number of carbonyl (C=O) groups is 1. The van der Waals surface area contributed by atoms with Gasteiger partial charge in [0.05, 0.1) is 29.7 Å². The molecule has 0 radical (unpaired) electrons. The number of nitrogens with zero attached hydrogens (tertiary/aromatic N) is 2. The Labute approximate surface area is 223 Å². The van der Waals surface area contributed by atoms with E-state index in [0.717, 1.165) is 12.6 Å². The summed E-state index contributed by atoms with van der Waals surface area (Å²) in [5.41, 5.74) is 1.26. The number of benzene rings is 2. The number of rotatable bonds is 10. The highest BCUT2D eigenvalue weighted by Crippen LogP contribution is 2.37. The van der Waals surface area contributed by atoms with Crippen molar-refractivity contribution in [2.45, 2.75) is 30.3 Å². The third kappa shape index (κ3) is 6.90. The van der Waals surface area contributed by atoms with Crippen LogP contribution in [-0.2, 0) is 4.79 Å². The molecule has 1 aromatic heterocycles. The van der Waals surface area contributed by atoms with E-state index in [1.807, 2.05) is 0 Å². The van der Waals surface area contributed by atoms with Crippen molar-refractivity contribution >= 4 is 40.2 Å². The summed E-state index contributed by atoms with van der Waals surface area (Å²) in [7, 11) is 1.56. The minimum atomic E-state index is -0.874. The number of piperidine rings is 1. The number of aromatic nitrogens is 1. The quantitative estimate of drug-likeness (QED) is 0.308. The molecule has 0 saturated carbocycles. The number of aliphatic hydroxyl groups is 1. The zero-order valence-corrected chi connectivity index (χ0v) is 21.9. The van der Waals surface area contributed by atoms with Crippen molar-refractivity contribution in [3.63, 3.8) is 0 Å². The summed E-state index contributed by atoms with van der Waals surface area (Å²) in [4.78, 5) is 19.0. The van der Waals surface area contributed by atoms with Gasteiger partial charge in [-0.25, -0.2) is 8.78 Å². The fraction of sp³-hybridized carbons (Fsp3) is 0.407. The molecule has 10 heteroatoms. The van der Waals surface area contributed by atoms with Crippen molar-refractivity contribution in [1.29, 1.82) is 0 Å². The number of ether oxygens (including phenoxy) is 1. The van der Waals surface area contributed by atoms with E-state index in [1.54, 1.807) is 25.3 Å². The van der Waals surface area contributed by atoms with Gasteiger partial charge < -0.3 is 19.8 Å². The molecular formula is C27H29ClF2N2O4S. The second-order valence-corrected chi connectivity index (χ2v) is 10.8. The lowest BCUT2D eigenvalue weighted by Gasteiger charge is -2.37. The smallest absolute Gasteiger partial charge is 0.308 e. The Hall–Kier alpha value is -2.46. The van der Waals surface area contributed by atoms with Crippen molar-refractivity contribution in [2.24, 2.45) is 11.8 Å². The first kappa shape index (κ1) is 27.6. The number of fused-ring (bicyclic) bond motifs is 1. The van der Waals surface area contributed by atoms with Gasteiger partial charge in [0, 0.05) is 47.0 Å². The second-order valence-electron chi connectivity index (χ2n) is 9.24. The van der Waals surface area contributed by atoms with Crippen LogP contribution in [0.4, 0.5) is 8.78 Å². The molecule has 1 saturated heterocycles. The van der Waals surface area contributed by atoms with Crippen LogP contribution in [0.5, 0.6) is 5.75 Å². The Morgan fingerprint density at radius 3 is 2.73 bits per heavy atom. The number of pyridine rings is 1. The Kier molecular flexibility index (Phi) is 9.23. The van der Waals surface area contributed by atoms with Gasteiger partial charge in [-0.1, -0.05) is 11.6 Å². The number of carboxylic acid groups (broad SMARTS) is 1. The van der Waals surface area contributed by atoms with Crippen LogP contribution in [0.2, 0.25) is 5.02 Å². The third-order valence-corrected chi connectivity index (χ3v) is 8.14. The maximum atomic E-state index is 13.4. The molecule has 2 heterocycles. The topological polar surface area (TPSA) is 82.9 Å². The molecule has 0 amide bonds. The predicted octanol–water partition coefficient (Wildman–Crippen LogP) is 5.80. The molecule has 198 valence electrons. The van der Waals surface area contributed by atoms with E-state index in [0.29, 0.717) is 70.2 Å². The molecule has 3 aromatic rings. The minimum absolute atomic E-state index is 0.0882. The van der Waals surface area contributed by atoms with Gasteiger partial charge in [0.1, 0.15) is 17.4 Å². The van der Waals surface area contributed by atoms with E-state index in [-0.39, 0.29) is 5.92 Å². The molecule has 0 aliphatic carbocycles. The Morgan fingerprint density at radius 1 is 1.27 bits per heavy atom. The fourth-order valence-electron chi connectivity index (χ4n) is 4.95. The summed E-state index contributed by atoms with van der Waals surface area (Å²) in [5.74, 6) is -1.52. The number of aliphatic carboxylic acids is 1. The molecule has 4 rings (SSSR count). The summed E-state index contributed by atoms with van der Waals surface area (Å²) >= 11 is 7.76. The van der Waals surface area contributed by atoms with Gasteiger partial charge >= 0.3 is 5.97 Å². The lowest BCUT2D eigenvalue weighted by atomic mass is 9.81. The Morgan fingerprint density at radius 2 is 2.03 bits per heavy atom. The van der Waals surface area contributed by atoms with Gasteiger partial charge in [-0.05, 0) is 62.1 Å². The average molecular weight is 551 g/mol. The highest BCUT2D eigenvalue weighted by molar-refractivity contribution is 7.99. The van der Waals surface area contributed by atoms with Crippen molar-refractivity contribution in [1.82, 2.24) is 9.88 Å². The number of hydrogen-bond donors (Lipinski definition) is 2. The van der Waals surface area contributed by atoms with Crippen molar-refractivity contribution in [3.05, 3.63) is 64.8 Å². The molecule has 37 heavy (non-hydrogen) atoms. The van der Waals surface area contributed by atoms with Crippen LogP contribution in [0.3, 0.4) is 0 Å². The Balaban J connectivity index is 1.36. The van der Waals surface area contributed by atoms with Crippen LogP contribution >= 0.6 is 23.4 Å². The summed E-state index contributed by atoms with van der Waals surface area (Å²) < 4.78 is 32.1. The van der Waals surface area contributed by atoms with Crippen LogP contribution in [0, 0.1) is 23.5 Å². The SMILES string of the molecule is COc1ccc2ncc(Cl)c([C@@H](O)CC[C@H]3CCN(CCSc4cc(F)cc(F)c4)C[C@H]3C(=O)O)c2c1. The van der Waals surface area contributed by atoms with Crippen LogP contribution in [0.15, 0.2) is 47.5 Å². The van der Waals surface area contributed by atoms with E-state index in [9.17, 15) is 23.8 Å². The van der Waals surface area contributed by atoms with Crippen LogP contribution in [-0.4, -0.2) is 58.6 Å². The zero-order chi connectivity index (χ0) is 26.5. The monoisotopic (exact) mass is 550 g/mol. The van der Waals surface area contributed by atoms with Crippen molar-refractivity contribution < 1.29 is 28.5 Å². The Bertz CT molecular complexity index is 1240. The molecule has 0 bridgehead atoms. The number of hydrogen-bond acceptors (Lipinski definition) is 6. The molecule has 1 fully saturated rings. The standard InChI is InChI=1S/C27H29ClF2N2O4S/c1-36-19-3-4-24-21(13-19)26(23(28)14-31-24)25(33)5-2-16-6-7-32(15-22(16)27(34)35)8-9-37-20-11-17(29)10-18(30)12-20/h3-4,10-14,16,22,25,33H,2,5-9,15H2,1H3,(H,34,35)/t16-,22+,25-/m0/s1. The van der Waals surface area contributed by atoms with Gasteiger partial charge in [-0.3, -0.25) is 9.78 Å². The minimum Gasteiger partial charge on any atom is -0.497 e. The predicted molar refractivity (Wildman–Crippen MR) is 140 cm³/mol. The molecule has 3 atom stereocenters. The number of likely N-dealkylation sites (tertiary alicyclic amines) is 1. The first-order valence-corrected chi connectivity index (χ1v) is 13.5. The largest absolute Gasteiger partial charge is 0.497 e. The molecule has 0 spiro atoms. The van der Waals surface area contributed by atoms with Crippen molar-refractivity contribution in [2.75, 3.05) is 32.5 Å². The molecule has 1 aliphatic heterocycles. The molecular weight excluding hydrogens is 522 g/mol. The summed E-state index contributed by atoms with van der Waals surface area (Å²) in [5, 5.41) is 22.0.